The first-order chi connectivity index (χ1) is 20.7. The molecule has 0 saturated carbocycles. The molecule has 0 unspecified atom stereocenters. The fourth-order valence-electron chi connectivity index (χ4n) is 7.20. The third-order valence-electron chi connectivity index (χ3n) is 8.86. The number of fused-ring (bicyclic) bond motifs is 4. The van der Waals surface area contributed by atoms with Crippen LogP contribution in [0.2, 0.25) is 0 Å². The van der Waals surface area contributed by atoms with Gasteiger partial charge in [-0.25, -0.2) is 0 Å². The minimum atomic E-state index is 0.331. The summed E-state index contributed by atoms with van der Waals surface area (Å²) >= 11 is 0. The zero-order chi connectivity index (χ0) is 29.8. The average Bonchev–Trinajstić information content (AvgIpc) is 3.50. The van der Waals surface area contributed by atoms with E-state index in [0.717, 1.165) is 18.4 Å². The molecule has 4 aromatic carbocycles. The van der Waals surface area contributed by atoms with Crippen LogP contribution in [0.4, 0.5) is 11.4 Å². The summed E-state index contributed by atoms with van der Waals surface area (Å²) in [5, 5.41) is 3.81. The Balaban J connectivity index is 1.41. The molecule has 5 aromatic rings. The van der Waals surface area contributed by atoms with Crippen LogP contribution in [0.15, 0.2) is 103 Å². The molecule has 2 aliphatic rings. The lowest BCUT2D eigenvalue weighted by molar-refractivity contribution is -0.472. The fourth-order valence-corrected chi connectivity index (χ4v) is 7.20. The van der Waals surface area contributed by atoms with Gasteiger partial charge in [-0.3, -0.25) is 4.98 Å². The maximum Gasteiger partial charge on any atom is 0.211 e. The minimum Gasteiger partial charge on any atom is -0.342 e. The zero-order valence-corrected chi connectivity index (χ0v) is 26.1. The van der Waals surface area contributed by atoms with Crippen LogP contribution in [-0.2, 0) is 12.8 Å². The molecule has 0 atom stereocenters. The van der Waals surface area contributed by atoms with E-state index in [1.165, 1.54) is 72.3 Å². The molecule has 2 aliphatic heterocycles. The van der Waals surface area contributed by atoms with Crippen molar-refractivity contribution in [2.24, 2.45) is 0 Å². The smallest absolute Gasteiger partial charge is 0.211 e. The van der Waals surface area contributed by atoms with Crippen LogP contribution in [0.5, 0.6) is 0 Å². The number of pyridine rings is 1. The number of aromatic nitrogens is 1. The summed E-state index contributed by atoms with van der Waals surface area (Å²) in [6, 6.07) is 29.9. The monoisotopic (exact) mass is 562 g/mol. The molecule has 1 aromatic heterocycles. The lowest BCUT2D eigenvalue weighted by Gasteiger charge is -2.27. The van der Waals surface area contributed by atoms with Crippen molar-refractivity contribution < 1.29 is 4.58 Å². The number of nitrogens with zero attached hydrogens (tertiary/aromatic N) is 3. The van der Waals surface area contributed by atoms with E-state index in [-0.39, 0.29) is 0 Å². The van der Waals surface area contributed by atoms with E-state index in [1.54, 1.807) is 0 Å². The van der Waals surface area contributed by atoms with E-state index < -0.39 is 0 Å². The van der Waals surface area contributed by atoms with Crippen LogP contribution in [-0.4, -0.2) is 27.4 Å². The summed E-state index contributed by atoms with van der Waals surface area (Å²) in [5.41, 5.74) is 14.3. The normalized spacial score (nSPS) is 16.0. The first-order valence-corrected chi connectivity index (χ1v) is 15.6. The maximum atomic E-state index is 4.67. The highest BCUT2D eigenvalue weighted by Gasteiger charge is 2.32. The predicted molar refractivity (Wildman–Crippen MR) is 183 cm³/mol. The van der Waals surface area contributed by atoms with E-state index in [1.807, 2.05) is 12.3 Å². The van der Waals surface area contributed by atoms with Crippen LogP contribution in [0.25, 0.3) is 27.2 Å². The molecule has 3 nitrogen and oxygen atoms in total. The number of allylic oxidation sites excluding steroid dienone is 4. The Morgan fingerprint density at radius 3 is 2.21 bits per heavy atom. The Morgan fingerprint density at radius 1 is 0.791 bits per heavy atom. The SMILES string of the molecule is Cc1cc(C)cc(C(=C\C2=[N+](C(C)C)c3cc4ncccc4cc3C2)/C=C2\Cc3cc4ccccc4cc3N2C(C)C)c1. The van der Waals surface area contributed by atoms with Crippen LogP contribution in [0.3, 0.4) is 0 Å². The number of rotatable bonds is 5. The fraction of sp³-hybridized carbons (Fsp3) is 0.250. The third-order valence-corrected chi connectivity index (χ3v) is 8.86. The predicted octanol–water partition coefficient (Wildman–Crippen LogP) is 9.49. The Bertz CT molecular complexity index is 1980. The molecule has 214 valence electrons. The Morgan fingerprint density at radius 2 is 1.49 bits per heavy atom. The second kappa shape index (κ2) is 10.6. The van der Waals surface area contributed by atoms with Crippen molar-refractivity contribution in [3.8, 4) is 0 Å². The number of aryl methyl sites for hydroxylation is 2. The minimum absolute atomic E-state index is 0.331. The van der Waals surface area contributed by atoms with Crippen molar-refractivity contribution in [3.05, 3.63) is 131 Å². The molecule has 0 fully saturated rings. The van der Waals surface area contributed by atoms with Crippen LogP contribution >= 0.6 is 0 Å². The van der Waals surface area contributed by atoms with Gasteiger partial charge >= 0.3 is 0 Å². The quantitative estimate of drug-likeness (QED) is 0.199. The van der Waals surface area contributed by atoms with Gasteiger partial charge in [0.2, 0.25) is 5.69 Å². The van der Waals surface area contributed by atoms with Crippen molar-refractivity contribution in [1.82, 2.24) is 4.98 Å². The molecule has 0 amide bonds. The average molecular weight is 563 g/mol. The Labute approximate surface area is 255 Å². The maximum absolute atomic E-state index is 4.67. The van der Waals surface area contributed by atoms with E-state index in [2.05, 4.69) is 141 Å². The second-order valence-corrected chi connectivity index (χ2v) is 12.9. The molecular weight excluding hydrogens is 522 g/mol. The van der Waals surface area contributed by atoms with Gasteiger partial charge in [0.15, 0.2) is 11.8 Å². The van der Waals surface area contributed by atoms with Crippen molar-refractivity contribution >= 4 is 44.3 Å². The highest BCUT2D eigenvalue weighted by Crippen LogP contribution is 2.40. The van der Waals surface area contributed by atoms with E-state index >= 15 is 0 Å². The molecular formula is C40H40N3+. The summed E-state index contributed by atoms with van der Waals surface area (Å²) in [6.07, 6.45) is 8.65. The van der Waals surface area contributed by atoms with Gasteiger partial charge in [0.05, 0.1) is 11.9 Å². The molecule has 7 rings (SSSR count). The molecule has 0 saturated heterocycles. The highest BCUT2D eigenvalue weighted by atomic mass is 15.2. The van der Waals surface area contributed by atoms with Gasteiger partial charge in [0.25, 0.3) is 0 Å². The van der Waals surface area contributed by atoms with Crippen LogP contribution in [0, 0.1) is 13.8 Å². The third kappa shape index (κ3) is 4.97. The van der Waals surface area contributed by atoms with Crippen LogP contribution < -0.4 is 4.90 Å². The van der Waals surface area contributed by atoms with E-state index in [9.17, 15) is 0 Å². The number of hydrogen-bond donors (Lipinski definition) is 0. The van der Waals surface area contributed by atoms with E-state index in [4.69, 9.17) is 0 Å². The topological polar surface area (TPSA) is 19.1 Å². The van der Waals surface area contributed by atoms with Crippen molar-refractivity contribution in [2.75, 3.05) is 4.90 Å². The Kier molecular flexibility index (Phi) is 6.77. The van der Waals surface area contributed by atoms with Crippen LogP contribution in [0.1, 0.15) is 55.5 Å². The first-order valence-electron chi connectivity index (χ1n) is 15.6. The summed E-state index contributed by atoms with van der Waals surface area (Å²) in [5.74, 6) is 0. The molecule has 0 spiro atoms. The van der Waals surface area contributed by atoms with Gasteiger partial charge in [-0.1, -0.05) is 59.7 Å². The zero-order valence-electron chi connectivity index (χ0n) is 26.1. The molecule has 3 heterocycles. The molecule has 0 aliphatic carbocycles. The van der Waals surface area contributed by atoms with Gasteiger partial charge < -0.3 is 4.90 Å². The summed E-state index contributed by atoms with van der Waals surface area (Å²) in [7, 11) is 0. The highest BCUT2D eigenvalue weighted by molar-refractivity contribution is 6.04. The largest absolute Gasteiger partial charge is 0.342 e. The molecule has 0 N–H and O–H groups in total. The van der Waals surface area contributed by atoms with Gasteiger partial charge in [0.1, 0.15) is 0 Å². The van der Waals surface area contributed by atoms with Gasteiger partial charge in [-0.05, 0) is 99.4 Å². The molecule has 0 radical (unpaired) electrons. The summed E-state index contributed by atoms with van der Waals surface area (Å²) in [6.45, 7) is 13.6. The van der Waals surface area contributed by atoms with Crippen molar-refractivity contribution in [3.63, 3.8) is 0 Å². The molecule has 3 heteroatoms. The standard InChI is InChI=1S/C40H40N3/c1-25(2)42-36(21-34-17-29-10-7-8-11-30(29)23-39(34)42)19-33(32-15-27(5)14-28(6)16-32)20-37-22-35-18-31-12-9-13-41-38(31)24-40(35)43(37)26(3)4/h7-20,23-26H,21-22H2,1-6H3/q+1. The summed E-state index contributed by atoms with van der Waals surface area (Å²) < 4.78 is 2.51. The summed E-state index contributed by atoms with van der Waals surface area (Å²) in [4.78, 5) is 7.22. The number of hydrogen-bond acceptors (Lipinski definition) is 2. The van der Waals surface area contributed by atoms with Crippen molar-refractivity contribution in [2.45, 2.75) is 66.5 Å². The lowest BCUT2D eigenvalue weighted by atomic mass is 9.97. The number of anilines is 1. The number of benzene rings is 4. The molecule has 43 heavy (non-hydrogen) atoms. The van der Waals surface area contributed by atoms with Gasteiger partial charge in [0, 0.05) is 53.1 Å². The van der Waals surface area contributed by atoms with E-state index in [0.29, 0.717) is 12.1 Å². The first kappa shape index (κ1) is 27.3. The molecule has 0 bridgehead atoms. The van der Waals surface area contributed by atoms with Gasteiger partial charge in [-0.2, -0.15) is 4.58 Å². The van der Waals surface area contributed by atoms with Gasteiger partial charge in [-0.15, -0.1) is 0 Å². The van der Waals surface area contributed by atoms with Crippen molar-refractivity contribution in [1.29, 1.82) is 0 Å². The lowest BCUT2D eigenvalue weighted by Crippen LogP contribution is -2.27. The Hall–Kier alpha value is -4.50. The second-order valence-electron chi connectivity index (χ2n) is 12.9.